The topological polar surface area (TPSA) is 47.9 Å². The van der Waals surface area contributed by atoms with E-state index in [2.05, 4.69) is 24.2 Å². The molecule has 0 fully saturated rings. The van der Waals surface area contributed by atoms with Crippen LogP contribution in [-0.4, -0.2) is 55.4 Å². The van der Waals surface area contributed by atoms with Gasteiger partial charge in [0.25, 0.3) is 0 Å². The summed E-state index contributed by atoms with van der Waals surface area (Å²) in [4.78, 5) is 19.8. The van der Waals surface area contributed by atoms with Crippen LogP contribution >= 0.6 is 35.6 Å². The first-order valence-corrected chi connectivity index (χ1v) is 8.18. The van der Waals surface area contributed by atoms with Gasteiger partial charge < -0.3 is 15.1 Å². The maximum absolute atomic E-state index is 11.8. The smallest absolute Gasteiger partial charge is 0.243 e. The minimum atomic E-state index is -0.0282. The van der Waals surface area contributed by atoms with E-state index in [0.29, 0.717) is 12.5 Å². The van der Waals surface area contributed by atoms with Crippen LogP contribution in [0.4, 0.5) is 0 Å². The van der Waals surface area contributed by atoms with Crippen LogP contribution in [0.3, 0.4) is 0 Å². The third-order valence-electron chi connectivity index (χ3n) is 3.58. The summed E-state index contributed by atoms with van der Waals surface area (Å²) < 4.78 is 0. The van der Waals surface area contributed by atoms with Gasteiger partial charge in [-0.3, -0.25) is 4.79 Å². The van der Waals surface area contributed by atoms with E-state index < -0.39 is 0 Å². The standard InChI is InChI=1S/C17H27ClN4O.HI/c1-6-13(2)20-17(19-11-16(23)21(3)4)22(5)12-14-9-7-8-10-15(14)18;/h7-10,13H,6,11-12H2,1-5H3,(H,19,20);1H. The van der Waals surface area contributed by atoms with E-state index >= 15 is 0 Å². The Balaban J connectivity index is 0.00000529. The van der Waals surface area contributed by atoms with Gasteiger partial charge in [0, 0.05) is 38.8 Å². The summed E-state index contributed by atoms with van der Waals surface area (Å²) in [5.74, 6) is 0.675. The van der Waals surface area contributed by atoms with Gasteiger partial charge in [0.2, 0.25) is 5.91 Å². The molecule has 1 aromatic carbocycles. The van der Waals surface area contributed by atoms with E-state index in [-0.39, 0.29) is 42.5 Å². The van der Waals surface area contributed by atoms with Gasteiger partial charge in [0.15, 0.2) is 5.96 Å². The summed E-state index contributed by atoms with van der Waals surface area (Å²) in [5, 5.41) is 4.09. The monoisotopic (exact) mass is 466 g/mol. The third-order valence-corrected chi connectivity index (χ3v) is 3.95. The lowest BCUT2D eigenvalue weighted by molar-refractivity contribution is -0.127. The maximum atomic E-state index is 11.8. The number of guanidine groups is 1. The van der Waals surface area contributed by atoms with Crippen molar-refractivity contribution in [3.05, 3.63) is 34.9 Å². The lowest BCUT2D eigenvalue weighted by Gasteiger charge is -2.25. The molecule has 0 aliphatic carbocycles. The van der Waals surface area contributed by atoms with Crippen molar-refractivity contribution in [1.82, 2.24) is 15.1 Å². The molecule has 1 atom stereocenters. The molecule has 136 valence electrons. The minimum Gasteiger partial charge on any atom is -0.354 e. The van der Waals surface area contributed by atoms with E-state index in [1.807, 2.05) is 36.2 Å². The zero-order chi connectivity index (χ0) is 17.4. The molecule has 7 heteroatoms. The largest absolute Gasteiger partial charge is 0.354 e. The lowest BCUT2D eigenvalue weighted by atomic mass is 10.2. The number of hydrogen-bond donors (Lipinski definition) is 1. The summed E-state index contributed by atoms with van der Waals surface area (Å²) in [6.07, 6.45) is 0.973. The molecule has 0 saturated carbocycles. The highest BCUT2D eigenvalue weighted by molar-refractivity contribution is 14.0. The fourth-order valence-corrected chi connectivity index (χ4v) is 2.04. The number of hydrogen-bond acceptors (Lipinski definition) is 2. The van der Waals surface area contributed by atoms with Crippen LogP contribution in [0.25, 0.3) is 0 Å². The molecule has 24 heavy (non-hydrogen) atoms. The predicted molar refractivity (Wildman–Crippen MR) is 112 cm³/mol. The molecule has 1 rings (SSSR count). The Hall–Kier alpha value is -1.02. The number of carbonyl (C=O) groups excluding carboxylic acids is 1. The van der Waals surface area contributed by atoms with Gasteiger partial charge in [-0.25, -0.2) is 4.99 Å². The zero-order valence-corrected chi connectivity index (χ0v) is 18.1. The number of likely N-dealkylation sites (N-methyl/N-ethyl adjacent to an activating group) is 1. The molecule has 0 bridgehead atoms. The van der Waals surface area contributed by atoms with Gasteiger partial charge in [-0.1, -0.05) is 36.7 Å². The van der Waals surface area contributed by atoms with Crippen LogP contribution in [0.15, 0.2) is 29.3 Å². The van der Waals surface area contributed by atoms with E-state index in [1.165, 1.54) is 0 Å². The van der Waals surface area contributed by atoms with Crippen LogP contribution in [-0.2, 0) is 11.3 Å². The molecule has 1 N–H and O–H groups in total. The average molecular weight is 467 g/mol. The van der Waals surface area contributed by atoms with E-state index in [1.54, 1.807) is 19.0 Å². The molecule has 1 unspecified atom stereocenters. The second kappa shape index (κ2) is 11.5. The van der Waals surface area contributed by atoms with Crippen LogP contribution in [0.5, 0.6) is 0 Å². The van der Waals surface area contributed by atoms with Crippen molar-refractivity contribution in [1.29, 1.82) is 0 Å². The second-order valence-electron chi connectivity index (χ2n) is 5.83. The molecular formula is C17H28ClIN4O. The Morgan fingerprint density at radius 2 is 1.92 bits per heavy atom. The summed E-state index contributed by atoms with van der Waals surface area (Å²) >= 11 is 6.23. The molecule has 1 amide bonds. The molecule has 0 aliphatic rings. The number of halogens is 2. The van der Waals surface area contributed by atoms with E-state index in [9.17, 15) is 4.79 Å². The molecule has 1 aromatic rings. The van der Waals surface area contributed by atoms with Gasteiger partial charge in [-0.05, 0) is 25.0 Å². The highest BCUT2D eigenvalue weighted by Gasteiger charge is 2.12. The number of aliphatic imine (C=N–C) groups is 1. The van der Waals surface area contributed by atoms with Crippen molar-refractivity contribution >= 4 is 47.4 Å². The van der Waals surface area contributed by atoms with Crippen LogP contribution in [0.1, 0.15) is 25.8 Å². The predicted octanol–water partition coefficient (Wildman–Crippen LogP) is 3.22. The number of rotatable bonds is 6. The number of nitrogens with one attached hydrogen (secondary N) is 1. The lowest BCUT2D eigenvalue weighted by Crippen LogP contribution is -2.43. The molecule has 0 aromatic heterocycles. The van der Waals surface area contributed by atoms with Gasteiger partial charge in [-0.2, -0.15) is 0 Å². The van der Waals surface area contributed by atoms with Crippen molar-refractivity contribution in [2.45, 2.75) is 32.9 Å². The van der Waals surface area contributed by atoms with Crippen molar-refractivity contribution in [3.8, 4) is 0 Å². The van der Waals surface area contributed by atoms with E-state index in [4.69, 9.17) is 11.6 Å². The Morgan fingerprint density at radius 1 is 1.29 bits per heavy atom. The van der Waals surface area contributed by atoms with Crippen LogP contribution in [0, 0.1) is 0 Å². The van der Waals surface area contributed by atoms with Gasteiger partial charge >= 0.3 is 0 Å². The Morgan fingerprint density at radius 3 is 2.46 bits per heavy atom. The Labute approximate surface area is 167 Å². The number of benzene rings is 1. The normalized spacial score (nSPS) is 12.2. The molecule has 0 spiro atoms. The summed E-state index contributed by atoms with van der Waals surface area (Å²) in [5.41, 5.74) is 1.02. The first kappa shape index (κ1) is 23.0. The molecule has 5 nitrogen and oxygen atoms in total. The second-order valence-corrected chi connectivity index (χ2v) is 6.24. The first-order chi connectivity index (χ1) is 10.8. The van der Waals surface area contributed by atoms with Crippen molar-refractivity contribution in [3.63, 3.8) is 0 Å². The third kappa shape index (κ3) is 7.70. The van der Waals surface area contributed by atoms with Crippen molar-refractivity contribution in [2.75, 3.05) is 27.7 Å². The number of nitrogens with zero attached hydrogens (tertiary/aromatic N) is 3. The average Bonchev–Trinajstić information content (AvgIpc) is 2.52. The summed E-state index contributed by atoms with van der Waals surface area (Å²) in [6, 6.07) is 8.01. The summed E-state index contributed by atoms with van der Waals surface area (Å²) in [7, 11) is 5.40. The molecule has 0 saturated heterocycles. The first-order valence-electron chi connectivity index (χ1n) is 7.80. The quantitative estimate of drug-likeness (QED) is 0.398. The molecule has 0 heterocycles. The van der Waals surface area contributed by atoms with Gasteiger partial charge in [0.1, 0.15) is 6.54 Å². The van der Waals surface area contributed by atoms with Crippen LogP contribution < -0.4 is 5.32 Å². The number of carbonyl (C=O) groups is 1. The highest BCUT2D eigenvalue weighted by atomic mass is 127. The molecule has 0 radical (unpaired) electrons. The van der Waals surface area contributed by atoms with Gasteiger partial charge in [-0.15, -0.1) is 24.0 Å². The minimum absolute atomic E-state index is 0. The summed E-state index contributed by atoms with van der Waals surface area (Å²) in [6.45, 7) is 4.94. The molecular weight excluding hydrogens is 439 g/mol. The van der Waals surface area contributed by atoms with E-state index in [0.717, 1.165) is 17.0 Å². The molecule has 0 aliphatic heterocycles. The SMILES string of the molecule is CCC(C)NC(=NCC(=O)N(C)C)N(C)Cc1ccccc1Cl.I. The van der Waals surface area contributed by atoms with Crippen molar-refractivity contribution < 1.29 is 4.79 Å². The maximum Gasteiger partial charge on any atom is 0.243 e. The van der Waals surface area contributed by atoms with Crippen LogP contribution in [0.2, 0.25) is 5.02 Å². The zero-order valence-electron chi connectivity index (χ0n) is 15.0. The Bertz CT molecular complexity index is 551. The highest BCUT2D eigenvalue weighted by Crippen LogP contribution is 2.16. The van der Waals surface area contributed by atoms with Gasteiger partial charge in [0.05, 0.1) is 0 Å². The fourth-order valence-electron chi connectivity index (χ4n) is 1.84. The van der Waals surface area contributed by atoms with Crippen molar-refractivity contribution in [2.24, 2.45) is 4.99 Å². The number of amides is 1. The fraction of sp³-hybridized carbons (Fsp3) is 0.529. The Kier molecular flexibility index (Phi) is 11.0.